The van der Waals surface area contributed by atoms with E-state index in [1.165, 1.54) is 17.7 Å². The number of hydrogen-bond donors (Lipinski definition) is 2. The van der Waals surface area contributed by atoms with E-state index >= 15 is 0 Å². The van der Waals surface area contributed by atoms with Gasteiger partial charge >= 0.3 is 0 Å². The maximum atomic E-state index is 4.73. The van der Waals surface area contributed by atoms with Gasteiger partial charge in [0.15, 0.2) is 0 Å². The molecule has 5 nitrogen and oxygen atoms in total. The SMILES string of the molecule is CNc1nc(C2CC2)nc(NC(C)c2ncc(C)s2)c1C. The number of aryl methyl sites for hydroxylation is 1. The Hall–Kier alpha value is -1.69. The van der Waals surface area contributed by atoms with Gasteiger partial charge in [-0.2, -0.15) is 0 Å². The summed E-state index contributed by atoms with van der Waals surface area (Å²) in [6.07, 6.45) is 4.32. The van der Waals surface area contributed by atoms with Crippen molar-refractivity contribution < 1.29 is 0 Å². The molecule has 0 aromatic carbocycles. The number of aromatic nitrogens is 3. The molecule has 0 bridgehead atoms. The number of nitrogens with one attached hydrogen (secondary N) is 2. The first-order valence-corrected chi connectivity index (χ1v) is 8.15. The minimum absolute atomic E-state index is 0.147. The summed E-state index contributed by atoms with van der Waals surface area (Å²) in [5.41, 5.74) is 1.06. The number of anilines is 2. The van der Waals surface area contributed by atoms with Crippen molar-refractivity contribution in [3.63, 3.8) is 0 Å². The normalized spacial score (nSPS) is 15.8. The minimum atomic E-state index is 0.147. The molecule has 1 fully saturated rings. The molecule has 2 aromatic rings. The number of rotatable bonds is 5. The van der Waals surface area contributed by atoms with Crippen LogP contribution in [0.2, 0.25) is 0 Å². The summed E-state index contributed by atoms with van der Waals surface area (Å²) in [5, 5.41) is 7.75. The van der Waals surface area contributed by atoms with Crippen molar-refractivity contribution in [1.82, 2.24) is 15.0 Å². The lowest BCUT2D eigenvalue weighted by Gasteiger charge is -2.17. The number of nitrogens with zero attached hydrogens (tertiary/aromatic N) is 3. The molecule has 1 unspecified atom stereocenters. The van der Waals surface area contributed by atoms with Crippen LogP contribution in [0.25, 0.3) is 0 Å². The zero-order chi connectivity index (χ0) is 15.0. The van der Waals surface area contributed by atoms with E-state index in [1.54, 1.807) is 11.3 Å². The highest BCUT2D eigenvalue weighted by atomic mass is 32.1. The molecule has 0 spiro atoms. The van der Waals surface area contributed by atoms with Gasteiger partial charge in [0.05, 0.1) is 6.04 Å². The fraction of sp³-hybridized carbons (Fsp3) is 0.533. The van der Waals surface area contributed by atoms with Gasteiger partial charge in [-0.3, -0.25) is 0 Å². The van der Waals surface area contributed by atoms with E-state index in [2.05, 4.69) is 34.4 Å². The van der Waals surface area contributed by atoms with Crippen LogP contribution < -0.4 is 10.6 Å². The second kappa shape index (κ2) is 5.60. The van der Waals surface area contributed by atoms with Crippen LogP contribution in [0.3, 0.4) is 0 Å². The van der Waals surface area contributed by atoms with Gasteiger partial charge in [-0.05, 0) is 33.6 Å². The quantitative estimate of drug-likeness (QED) is 0.883. The summed E-state index contributed by atoms with van der Waals surface area (Å²) < 4.78 is 0. The summed E-state index contributed by atoms with van der Waals surface area (Å²) in [6.45, 7) is 6.24. The van der Waals surface area contributed by atoms with E-state index in [0.717, 1.165) is 28.0 Å². The Morgan fingerprint density at radius 2 is 1.95 bits per heavy atom. The lowest BCUT2D eigenvalue weighted by Crippen LogP contribution is -2.12. The molecule has 0 saturated heterocycles. The molecule has 1 aliphatic carbocycles. The van der Waals surface area contributed by atoms with Crippen LogP contribution in [-0.4, -0.2) is 22.0 Å². The monoisotopic (exact) mass is 303 g/mol. The van der Waals surface area contributed by atoms with E-state index in [1.807, 2.05) is 20.2 Å². The Kier molecular flexibility index (Phi) is 3.80. The molecular formula is C15H21N5S. The third kappa shape index (κ3) is 3.00. The molecule has 2 N–H and O–H groups in total. The first kappa shape index (κ1) is 14.3. The Labute approximate surface area is 129 Å². The van der Waals surface area contributed by atoms with E-state index in [9.17, 15) is 0 Å². The molecule has 21 heavy (non-hydrogen) atoms. The van der Waals surface area contributed by atoms with Crippen LogP contribution in [0.1, 0.15) is 53.0 Å². The van der Waals surface area contributed by atoms with Gasteiger partial charge in [-0.25, -0.2) is 15.0 Å². The largest absolute Gasteiger partial charge is 0.373 e. The summed E-state index contributed by atoms with van der Waals surface area (Å²) in [6, 6.07) is 0.147. The van der Waals surface area contributed by atoms with Crippen LogP contribution in [0.5, 0.6) is 0 Å². The third-order valence-electron chi connectivity index (χ3n) is 3.71. The van der Waals surface area contributed by atoms with Gasteiger partial charge in [-0.1, -0.05) is 0 Å². The number of thiazole rings is 1. The van der Waals surface area contributed by atoms with E-state index in [-0.39, 0.29) is 6.04 Å². The molecule has 0 aliphatic heterocycles. The Bertz CT molecular complexity index is 648. The maximum absolute atomic E-state index is 4.73. The highest BCUT2D eigenvalue weighted by Crippen LogP contribution is 2.39. The van der Waals surface area contributed by atoms with E-state index in [4.69, 9.17) is 4.98 Å². The lowest BCUT2D eigenvalue weighted by molar-refractivity contribution is 0.840. The molecule has 1 atom stereocenters. The Balaban J connectivity index is 1.88. The summed E-state index contributed by atoms with van der Waals surface area (Å²) >= 11 is 1.72. The summed E-state index contributed by atoms with van der Waals surface area (Å²) in [7, 11) is 1.91. The van der Waals surface area contributed by atoms with Crippen molar-refractivity contribution in [2.24, 2.45) is 0 Å². The van der Waals surface area contributed by atoms with Crippen LogP contribution in [0.15, 0.2) is 6.20 Å². The minimum Gasteiger partial charge on any atom is -0.373 e. The van der Waals surface area contributed by atoms with Crippen molar-refractivity contribution in [3.05, 3.63) is 27.5 Å². The van der Waals surface area contributed by atoms with Crippen molar-refractivity contribution >= 4 is 23.0 Å². The van der Waals surface area contributed by atoms with Crippen LogP contribution in [0.4, 0.5) is 11.6 Å². The third-order valence-corrected chi connectivity index (χ3v) is 4.80. The van der Waals surface area contributed by atoms with Gasteiger partial charge in [-0.15, -0.1) is 11.3 Å². The Morgan fingerprint density at radius 3 is 2.52 bits per heavy atom. The molecule has 6 heteroatoms. The molecule has 1 aliphatic rings. The molecular weight excluding hydrogens is 282 g/mol. The predicted octanol–water partition coefficient (Wildman–Crippen LogP) is 3.64. The fourth-order valence-electron chi connectivity index (χ4n) is 2.28. The average Bonchev–Trinajstić information content (AvgIpc) is 3.22. The molecule has 0 amide bonds. The van der Waals surface area contributed by atoms with Gasteiger partial charge in [0, 0.05) is 29.6 Å². The highest BCUT2D eigenvalue weighted by molar-refractivity contribution is 7.11. The topological polar surface area (TPSA) is 62.7 Å². The van der Waals surface area contributed by atoms with Crippen molar-refractivity contribution in [2.75, 3.05) is 17.7 Å². The van der Waals surface area contributed by atoms with Gasteiger partial charge in [0.2, 0.25) is 0 Å². The fourth-order valence-corrected chi connectivity index (χ4v) is 3.06. The molecule has 2 aromatic heterocycles. The molecule has 3 rings (SSSR count). The maximum Gasteiger partial charge on any atom is 0.136 e. The van der Waals surface area contributed by atoms with Crippen molar-refractivity contribution in [3.8, 4) is 0 Å². The Morgan fingerprint density at radius 1 is 1.24 bits per heavy atom. The number of hydrogen-bond acceptors (Lipinski definition) is 6. The van der Waals surface area contributed by atoms with Crippen LogP contribution in [0, 0.1) is 13.8 Å². The zero-order valence-corrected chi connectivity index (χ0v) is 13.7. The molecule has 1 saturated carbocycles. The molecule has 2 heterocycles. The smallest absolute Gasteiger partial charge is 0.136 e. The van der Waals surface area contributed by atoms with Gasteiger partial charge < -0.3 is 10.6 Å². The highest BCUT2D eigenvalue weighted by Gasteiger charge is 2.28. The molecule has 0 radical (unpaired) electrons. The summed E-state index contributed by atoms with van der Waals surface area (Å²) in [5.74, 6) is 3.32. The standard InChI is InChI=1S/C15H21N5S/c1-8-7-17-15(21-8)10(3)18-13-9(2)12(16-4)19-14(20-13)11-5-6-11/h7,10-11H,5-6H2,1-4H3,(H2,16,18,19,20). The van der Waals surface area contributed by atoms with E-state index < -0.39 is 0 Å². The van der Waals surface area contributed by atoms with Crippen LogP contribution in [-0.2, 0) is 0 Å². The predicted molar refractivity (Wildman–Crippen MR) is 87.2 cm³/mol. The first-order chi connectivity index (χ1) is 10.1. The second-order valence-electron chi connectivity index (χ2n) is 5.60. The first-order valence-electron chi connectivity index (χ1n) is 7.33. The summed E-state index contributed by atoms with van der Waals surface area (Å²) in [4.78, 5) is 15.0. The van der Waals surface area contributed by atoms with Crippen LogP contribution >= 0.6 is 11.3 Å². The average molecular weight is 303 g/mol. The van der Waals surface area contributed by atoms with Gasteiger partial charge in [0.1, 0.15) is 22.5 Å². The van der Waals surface area contributed by atoms with Gasteiger partial charge in [0.25, 0.3) is 0 Å². The van der Waals surface area contributed by atoms with Crippen molar-refractivity contribution in [2.45, 2.75) is 45.6 Å². The lowest BCUT2D eigenvalue weighted by atomic mass is 10.2. The zero-order valence-electron chi connectivity index (χ0n) is 12.9. The van der Waals surface area contributed by atoms with E-state index in [0.29, 0.717) is 5.92 Å². The van der Waals surface area contributed by atoms with Crippen molar-refractivity contribution in [1.29, 1.82) is 0 Å². The second-order valence-corrected chi connectivity index (χ2v) is 6.87. The molecule has 112 valence electrons.